The lowest BCUT2D eigenvalue weighted by Crippen LogP contribution is -2.49. The van der Waals surface area contributed by atoms with E-state index >= 15 is 0 Å². The molecular formula is C24H24N3O2+. The normalized spacial score (nSPS) is 19.5. The van der Waals surface area contributed by atoms with Gasteiger partial charge in [-0.3, -0.25) is 0 Å². The Labute approximate surface area is 170 Å². The first-order valence-electron chi connectivity index (χ1n) is 9.99. The first-order valence-corrected chi connectivity index (χ1v) is 9.99. The summed E-state index contributed by atoms with van der Waals surface area (Å²) in [6, 6.07) is 20.7. The van der Waals surface area contributed by atoms with Crippen LogP contribution in [0.5, 0.6) is 0 Å². The number of hydrogen-bond acceptors (Lipinski definition) is 3. The van der Waals surface area contributed by atoms with Crippen LogP contribution in [-0.4, -0.2) is 10.8 Å². The maximum Gasteiger partial charge on any atom is 0.438 e. The Bertz CT molecular complexity index is 950. The lowest BCUT2D eigenvalue weighted by Gasteiger charge is -2.24. The Hall–Kier alpha value is -3.47. The number of aromatic nitrogens is 2. The Kier molecular flexibility index (Phi) is 4.78. The molecule has 29 heavy (non-hydrogen) atoms. The van der Waals surface area contributed by atoms with Crippen LogP contribution in [0.2, 0.25) is 0 Å². The molecule has 1 aliphatic carbocycles. The molecule has 5 heteroatoms. The Morgan fingerprint density at radius 1 is 0.862 bits per heavy atom. The second kappa shape index (κ2) is 7.87. The van der Waals surface area contributed by atoms with Crippen molar-refractivity contribution >= 4 is 5.95 Å². The van der Waals surface area contributed by atoms with E-state index in [1.165, 1.54) is 0 Å². The second-order valence-corrected chi connectivity index (χ2v) is 7.37. The molecule has 5 rings (SSSR count). The first-order chi connectivity index (χ1) is 14.4. The van der Waals surface area contributed by atoms with E-state index in [-0.39, 0.29) is 0 Å². The van der Waals surface area contributed by atoms with Gasteiger partial charge in [0, 0.05) is 5.92 Å². The fraction of sp³-hybridized carbons (Fsp3) is 0.208. The van der Waals surface area contributed by atoms with E-state index in [0.717, 1.165) is 23.5 Å². The van der Waals surface area contributed by atoms with E-state index in [9.17, 15) is 0 Å². The zero-order chi connectivity index (χ0) is 19.5. The Morgan fingerprint density at radius 3 is 2.34 bits per heavy atom. The predicted molar refractivity (Wildman–Crippen MR) is 111 cm³/mol. The SMILES string of the molecule is C1=CC2CC1C=CN2c1n(OCc2ccccc2)cc[n+]1OCc1ccccc1. The van der Waals surface area contributed by atoms with Gasteiger partial charge in [0.1, 0.15) is 18.4 Å². The number of fused-ring (bicyclic) bond motifs is 2. The van der Waals surface area contributed by atoms with Crippen LogP contribution in [0, 0.1) is 5.92 Å². The number of allylic oxidation sites excluding steroid dienone is 2. The Morgan fingerprint density at radius 2 is 1.59 bits per heavy atom. The quantitative estimate of drug-likeness (QED) is 0.461. The van der Waals surface area contributed by atoms with Crippen molar-refractivity contribution in [3.8, 4) is 0 Å². The van der Waals surface area contributed by atoms with Crippen LogP contribution in [0.25, 0.3) is 0 Å². The molecule has 1 aromatic heterocycles. The van der Waals surface area contributed by atoms with Gasteiger partial charge in [0.25, 0.3) is 0 Å². The molecule has 0 N–H and O–H groups in total. The summed E-state index contributed by atoms with van der Waals surface area (Å²) in [5.74, 6) is 1.38. The summed E-state index contributed by atoms with van der Waals surface area (Å²) in [6.07, 6.45) is 13.8. The molecule has 2 aliphatic rings. The van der Waals surface area contributed by atoms with E-state index in [0.29, 0.717) is 25.2 Å². The predicted octanol–water partition coefficient (Wildman–Crippen LogP) is 3.31. The fourth-order valence-corrected chi connectivity index (χ4v) is 3.80. The van der Waals surface area contributed by atoms with Crippen molar-refractivity contribution in [1.82, 2.24) is 4.73 Å². The third kappa shape index (κ3) is 3.76. The molecular weight excluding hydrogens is 362 g/mol. The number of benzene rings is 2. The lowest BCUT2D eigenvalue weighted by atomic mass is 10.0. The van der Waals surface area contributed by atoms with Gasteiger partial charge in [0.2, 0.25) is 0 Å². The molecule has 3 aromatic rings. The summed E-state index contributed by atoms with van der Waals surface area (Å²) in [7, 11) is 0. The second-order valence-electron chi connectivity index (χ2n) is 7.37. The maximum atomic E-state index is 6.13. The molecule has 2 bridgehead atoms. The molecule has 2 unspecified atom stereocenters. The highest BCUT2D eigenvalue weighted by molar-refractivity contribution is 5.41. The number of anilines is 1. The van der Waals surface area contributed by atoms with E-state index < -0.39 is 0 Å². The van der Waals surface area contributed by atoms with Crippen molar-refractivity contribution < 1.29 is 14.4 Å². The fourth-order valence-electron chi connectivity index (χ4n) is 3.80. The summed E-state index contributed by atoms with van der Waals surface area (Å²) in [4.78, 5) is 14.5. The average molecular weight is 386 g/mol. The van der Waals surface area contributed by atoms with Gasteiger partial charge in [-0.05, 0) is 23.6 Å². The minimum absolute atomic E-state index is 0.311. The van der Waals surface area contributed by atoms with Crippen molar-refractivity contribution in [3.05, 3.63) is 109 Å². The zero-order valence-electron chi connectivity index (χ0n) is 16.2. The third-order valence-corrected chi connectivity index (χ3v) is 5.33. The van der Waals surface area contributed by atoms with Crippen LogP contribution in [0.1, 0.15) is 17.5 Å². The van der Waals surface area contributed by atoms with Crippen molar-refractivity contribution in [2.45, 2.75) is 25.7 Å². The van der Waals surface area contributed by atoms with Gasteiger partial charge in [0.15, 0.2) is 13.2 Å². The molecule has 0 fully saturated rings. The number of hydrogen-bond donors (Lipinski definition) is 0. The summed E-state index contributed by atoms with van der Waals surface area (Å²) in [6.45, 7) is 0.976. The largest absolute Gasteiger partial charge is 0.438 e. The summed E-state index contributed by atoms with van der Waals surface area (Å²) < 4.78 is 3.60. The first kappa shape index (κ1) is 17.6. The van der Waals surface area contributed by atoms with E-state index in [1.54, 1.807) is 9.46 Å². The van der Waals surface area contributed by atoms with E-state index in [2.05, 4.69) is 53.6 Å². The molecule has 0 saturated carbocycles. The van der Waals surface area contributed by atoms with Gasteiger partial charge in [-0.1, -0.05) is 82.3 Å². The van der Waals surface area contributed by atoms with E-state index in [4.69, 9.17) is 9.68 Å². The molecule has 5 nitrogen and oxygen atoms in total. The summed E-state index contributed by atoms with van der Waals surface area (Å²) in [5, 5.41) is 0. The number of rotatable bonds is 7. The maximum absolute atomic E-state index is 6.13. The van der Waals surface area contributed by atoms with Crippen molar-refractivity contribution in [1.29, 1.82) is 0 Å². The minimum Gasteiger partial charge on any atom is -0.352 e. The van der Waals surface area contributed by atoms with Crippen LogP contribution in [-0.2, 0) is 13.2 Å². The molecule has 0 amide bonds. The molecule has 2 atom stereocenters. The van der Waals surface area contributed by atoms with Crippen molar-refractivity contribution in [2.24, 2.45) is 5.92 Å². The van der Waals surface area contributed by atoms with Crippen molar-refractivity contribution in [3.63, 3.8) is 0 Å². The van der Waals surface area contributed by atoms with Gasteiger partial charge in [-0.25, -0.2) is 4.90 Å². The third-order valence-electron chi connectivity index (χ3n) is 5.33. The average Bonchev–Trinajstić information content (AvgIpc) is 3.36. The van der Waals surface area contributed by atoms with Gasteiger partial charge in [-0.2, -0.15) is 0 Å². The van der Waals surface area contributed by atoms with Crippen LogP contribution < -0.4 is 19.3 Å². The summed E-state index contributed by atoms with van der Waals surface area (Å²) >= 11 is 0. The highest BCUT2D eigenvalue weighted by Crippen LogP contribution is 2.31. The molecule has 146 valence electrons. The van der Waals surface area contributed by atoms with Crippen LogP contribution >= 0.6 is 0 Å². The summed E-state index contributed by atoms with van der Waals surface area (Å²) in [5.41, 5.74) is 2.25. The number of nitrogens with zero attached hydrogens (tertiary/aromatic N) is 3. The van der Waals surface area contributed by atoms with Crippen LogP contribution in [0.3, 0.4) is 0 Å². The van der Waals surface area contributed by atoms with Gasteiger partial charge >= 0.3 is 5.95 Å². The molecule has 0 radical (unpaired) electrons. The minimum atomic E-state index is 0.311. The smallest absolute Gasteiger partial charge is 0.352 e. The number of imidazole rings is 1. The molecule has 0 saturated heterocycles. The van der Waals surface area contributed by atoms with Crippen LogP contribution in [0.4, 0.5) is 5.95 Å². The van der Waals surface area contributed by atoms with Gasteiger partial charge < -0.3 is 9.68 Å². The van der Waals surface area contributed by atoms with Gasteiger partial charge in [-0.15, -0.1) is 0 Å². The zero-order valence-corrected chi connectivity index (χ0v) is 16.2. The molecule has 2 heterocycles. The monoisotopic (exact) mass is 386 g/mol. The molecule has 2 aromatic carbocycles. The molecule has 0 spiro atoms. The molecule has 1 aliphatic heterocycles. The topological polar surface area (TPSA) is 30.5 Å². The highest BCUT2D eigenvalue weighted by atomic mass is 16.7. The van der Waals surface area contributed by atoms with Crippen LogP contribution in [0.15, 0.2) is 97.5 Å². The lowest BCUT2D eigenvalue weighted by molar-refractivity contribution is -0.885. The highest BCUT2D eigenvalue weighted by Gasteiger charge is 2.37. The van der Waals surface area contributed by atoms with Crippen molar-refractivity contribution in [2.75, 3.05) is 4.90 Å². The Balaban J connectivity index is 1.41. The van der Waals surface area contributed by atoms with E-state index in [1.807, 2.05) is 48.8 Å². The standard InChI is InChI=1S/C24H24N3O2/c1-3-7-21(8-4-1)18-28-26-15-16-27(29-19-22-9-5-2-6-10-22)24(26)25-14-13-20-11-12-23(25)17-20/h1-16,20,23H,17-19H2/q+1. The van der Waals surface area contributed by atoms with Gasteiger partial charge in [0.05, 0.1) is 6.20 Å².